The van der Waals surface area contributed by atoms with E-state index in [1.165, 1.54) is 0 Å². The number of ketones is 1. The molecule has 2 atom stereocenters. The minimum Gasteiger partial charge on any atom is -0.497 e. The summed E-state index contributed by atoms with van der Waals surface area (Å²) in [7, 11) is 5.64. The molecule has 0 saturated heterocycles. The second-order valence-corrected chi connectivity index (χ2v) is 6.19. The van der Waals surface area contributed by atoms with Crippen LogP contribution in [0.2, 0.25) is 0 Å². The second kappa shape index (κ2) is 6.58. The molecule has 1 aliphatic carbocycles. The molecule has 1 saturated carbocycles. The number of benzene rings is 1. The minimum atomic E-state index is -0.932. The Bertz CT molecular complexity index is 501. The van der Waals surface area contributed by atoms with Crippen molar-refractivity contribution in [1.82, 2.24) is 4.90 Å². The van der Waals surface area contributed by atoms with Gasteiger partial charge in [-0.1, -0.05) is 12.1 Å². The van der Waals surface area contributed by atoms with Gasteiger partial charge in [-0.2, -0.15) is 0 Å². The molecule has 1 aromatic carbocycles. The van der Waals surface area contributed by atoms with Gasteiger partial charge in [-0.25, -0.2) is 0 Å². The van der Waals surface area contributed by atoms with Crippen molar-refractivity contribution < 1.29 is 14.6 Å². The van der Waals surface area contributed by atoms with Gasteiger partial charge in [0.05, 0.1) is 12.7 Å². The number of carbonyl (C=O) groups excluding carboxylic acids is 1. The third kappa shape index (κ3) is 3.63. The Balaban J connectivity index is 2.27. The van der Waals surface area contributed by atoms with Crippen molar-refractivity contribution in [2.45, 2.75) is 31.3 Å². The lowest BCUT2D eigenvalue weighted by Crippen LogP contribution is -2.42. The average Bonchev–Trinajstić information content (AvgIpc) is 2.48. The minimum absolute atomic E-state index is 0.0340. The van der Waals surface area contributed by atoms with Crippen molar-refractivity contribution >= 4 is 5.78 Å². The van der Waals surface area contributed by atoms with E-state index in [0.29, 0.717) is 19.3 Å². The standard InChI is InChI=1S/C17H25NO3/c1-18(2)10-8-14-11-15(19)7-9-17(14,20)13-5-4-6-16(12-13)21-3/h4-6,12,14,20H,7-11H2,1-3H3. The lowest BCUT2D eigenvalue weighted by Gasteiger charge is -2.40. The molecule has 0 heterocycles. The van der Waals surface area contributed by atoms with Gasteiger partial charge < -0.3 is 14.7 Å². The van der Waals surface area contributed by atoms with Crippen LogP contribution in [-0.2, 0) is 10.4 Å². The molecule has 0 aromatic heterocycles. The highest BCUT2D eigenvalue weighted by molar-refractivity contribution is 5.80. The Hall–Kier alpha value is -1.39. The Labute approximate surface area is 126 Å². The van der Waals surface area contributed by atoms with Crippen LogP contribution in [0.25, 0.3) is 0 Å². The lowest BCUT2D eigenvalue weighted by molar-refractivity contribution is -0.132. The summed E-state index contributed by atoms with van der Waals surface area (Å²) in [6, 6.07) is 7.58. The molecular formula is C17H25NO3. The molecule has 2 unspecified atom stereocenters. The molecule has 0 amide bonds. The molecule has 1 aliphatic rings. The Morgan fingerprint density at radius 2 is 2.19 bits per heavy atom. The summed E-state index contributed by atoms with van der Waals surface area (Å²) in [4.78, 5) is 13.9. The van der Waals surface area contributed by atoms with Crippen LogP contribution in [0.5, 0.6) is 5.75 Å². The number of aliphatic hydroxyl groups is 1. The van der Waals surface area contributed by atoms with E-state index in [2.05, 4.69) is 4.90 Å². The van der Waals surface area contributed by atoms with Crippen molar-refractivity contribution in [2.24, 2.45) is 5.92 Å². The molecule has 0 aliphatic heterocycles. The molecule has 116 valence electrons. The molecule has 0 bridgehead atoms. The molecule has 4 nitrogen and oxygen atoms in total. The summed E-state index contributed by atoms with van der Waals surface area (Å²) < 4.78 is 5.26. The number of ether oxygens (including phenoxy) is 1. The molecule has 2 rings (SSSR count). The number of nitrogens with zero attached hydrogens (tertiary/aromatic N) is 1. The average molecular weight is 291 g/mol. The fraction of sp³-hybridized carbons (Fsp3) is 0.588. The Morgan fingerprint density at radius 3 is 2.86 bits per heavy atom. The molecule has 21 heavy (non-hydrogen) atoms. The fourth-order valence-electron chi connectivity index (χ4n) is 3.11. The largest absolute Gasteiger partial charge is 0.497 e. The molecular weight excluding hydrogens is 266 g/mol. The van der Waals surface area contributed by atoms with E-state index >= 15 is 0 Å². The number of rotatable bonds is 5. The van der Waals surface area contributed by atoms with E-state index in [1.54, 1.807) is 7.11 Å². The smallest absolute Gasteiger partial charge is 0.133 e. The first kappa shape index (κ1) is 16.0. The van der Waals surface area contributed by atoms with Gasteiger partial charge in [0, 0.05) is 12.8 Å². The monoisotopic (exact) mass is 291 g/mol. The van der Waals surface area contributed by atoms with E-state index in [-0.39, 0.29) is 11.7 Å². The van der Waals surface area contributed by atoms with E-state index in [9.17, 15) is 9.90 Å². The zero-order valence-corrected chi connectivity index (χ0v) is 13.1. The first-order valence-electron chi connectivity index (χ1n) is 7.49. The summed E-state index contributed by atoms with van der Waals surface area (Å²) in [6.45, 7) is 0.865. The van der Waals surface area contributed by atoms with Gasteiger partial charge in [0.2, 0.25) is 0 Å². The summed E-state index contributed by atoms with van der Waals surface area (Å²) in [5.74, 6) is 0.962. The quantitative estimate of drug-likeness (QED) is 0.903. The summed E-state index contributed by atoms with van der Waals surface area (Å²) >= 11 is 0. The van der Waals surface area contributed by atoms with Crippen LogP contribution in [0, 0.1) is 5.92 Å². The van der Waals surface area contributed by atoms with E-state index in [0.717, 1.165) is 24.3 Å². The van der Waals surface area contributed by atoms with E-state index < -0.39 is 5.60 Å². The predicted molar refractivity (Wildman–Crippen MR) is 82.4 cm³/mol. The first-order chi connectivity index (χ1) is 9.95. The Morgan fingerprint density at radius 1 is 1.43 bits per heavy atom. The second-order valence-electron chi connectivity index (χ2n) is 6.19. The van der Waals surface area contributed by atoms with Crippen molar-refractivity contribution in [2.75, 3.05) is 27.7 Å². The lowest BCUT2D eigenvalue weighted by atomic mass is 9.69. The zero-order chi connectivity index (χ0) is 15.5. The van der Waals surface area contributed by atoms with Crippen molar-refractivity contribution in [3.05, 3.63) is 29.8 Å². The van der Waals surface area contributed by atoms with Crippen LogP contribution in [0.1, 0.15) is 31.2 Å². The normalized spacial score (nSPS) is 26.1. The van der Waals surface area contributed by atoms with Crippen LogP contribution >= 0.6 is 0 Å². The molecule has 0 radical (unpaired) electrons. The highest BCUT2D eigenvalue weighted by Gasteiger charge is 2.42. The SMILES string of the molecule is COc1cccc(C2(O)CCC(=O)CC2CCN(C)C)c1. The Kier molecular flexibility index (Phi) is 5.01. The molecule has 1 fully saturated rings. The van der Waals surface area contributed by atoms with Gasteiger partial charge in [-0.15, -0.1) is 0 Å². The summed E-state index contributed by atoms with van der Waals surface area (Å²) in [5.41, 5.74) is -0.0727. The summed E-state index contributed by atoms with van der Waals surface area (Å²) in [5, 5.41) is 11.2. The summed E-state index contributed by atoms with van der Waals surface area (Å²) in [6.07, 6.45) is 2.22. The topological polar surface area (TPSA) is 49.8 Å². The van der Waals surface area contributed by atoms with Gasteiger partial charge in [0.15, 0.2) is 0 Å². The van der Waals surface area contributed by atoms with E-state index in [1.807, 2.05) is 38.4 Å². The van der Waals surface area contributed by atoms with Gasteiger partial charge >= 0.3 is 0 Å². The predicted octanol–water partition coefficient (Wildman–Crippen LogP) is 2.20. The van der Waals surface area contributed by atoms with Crippen molar-refractivity contribution in [3.63, 3.8) is 0 Å². The van der Waals surface area contributed by atoms with Crippen LogP contribution in [-0.4, -0.2) is 43.5 Å². The highest BCUT2D eigenvalue weighted by Crippen LogP contribution is 2.43. The van der Waals surface area contributed by atoms with Gasteiger partial charge in [-0.05, 0) is 57.1 Å². The fourth-order valence-corrected chi connectivity index (χ4v) is 3.11. The van der Waals surface area contributed by atoms with Crippen molar-refractivity contribution in [1.29, 1.82) is 0 Å². The maximum atomic E-state index is 11.8. The van der Waals surface area contributed by atoms with Gasteiger partial charge in [0.25, 0.3) is 0 Å². The molecule has 0 spiro atoms. The number of hydrogen-bond donors (Lipinski definition) is 1. The number of hydrogen-bond acceptors (Lipinski definition) is 4. The number of methoxy groups -OCH3 is 1. The molecule has 1 N–H and O–H groups in total. The van der Waals surface area contributed by atoms with Crippen LogP contribution in [0.4, 0.5) is 0 Å². The van der Waals surface area contributed by atoms with Crippen LogP contribution < -0.4 is 4.74 Å². The van der Waals surface area contributed by atoms with Crippen LogP contribution in [0.15, 0.2) is 24.3 Å². The third-order valence-electron chi connectivity index (χ3n) is 4.43. The maximum Gasteiger partial charge on any atom is 0.133 e. The highest BCUT2D eigenvalue weighted by atomic mass is 16.5. The zero-order valence-electron chi connectivity index (χ0n) is 13.1. The number of Topliss-reactive ketones (excluding diaryl/α,β-unsaturated/α-hetero) is 1. The van der Waals surface area contributed by atoms with Gasteiger partial charge in [-0.3, -0.25) is 4.79 Å². The number of carbonyl (C=O) groups is 1. The molecule has 4 heteroatoms. The molecule has 1 aromatic rings. The third-order valence-corrected chi connectivity index (χ3v) is 4.43. The van der Waals surface area contributed by atoms with Gasteiger partial charge in [0.1, 0.15) is 11.5 Å². The van der Waals surface area contributed by atoms with Crippen molar-refractivity contribution in [3.8, 4) is 5.75 Å². The maximum absolute atomic E-state index is 11.8. The first-order valence-corrected chi connectivity index (χ1v) is 7.49. The van der Waals surface area contributed by atoms with Crippen LogP contribution in [0.3, 0.4) is 0 Å². The van der Waals surface area contributed by atoms with E-state index in [4.69, 9.17) is 4.74 Å².